The van der Waals surface area contributed by atoms with Gasteiger partial charge < -0.3 is 14.6 Å². The number of aliphatic hydroxyl groups is 1. The van der Waals surface area contributed by atoms with Crippen LogP contribution in [0.4, 0.5) is 0 Å². The highest BCUT2D eigenvalue weighted by molar-refractivity contribution is 5.03. The van der Waals surface area contributed by atoms with Gasteiger partial charge in [-0.1, -0.05) is 13.0 Å². The van der Waals surface area contributed by atoms with E-state index in [1.165, 1.54) is 0 Å². The second-order valence-corrected chi connectivity index (χ2v) is 4.90. The monoisotopic (exact) mass is 282 g/mol. The Labute approximate surface area is 121 Å². The highest BCUT2D eigenvalue weighted by Gasteiger charge is 2.13. The lowest BCUT2D eigenvalue weighted by Crippen LogP contribution is -2.35. The van der Waals surface area contributed by atoms with Crippen molar-refractivity contribution >= 4 is 0 Å². The molecule has 0 amide bonds. The number of rotatable bonds is 10. The van der Waals surface area contributed by atoms with Crippen LogP contribution in [0.2, 0.25) is 0 Å². The maximum absolute atomic E-state index is 10.0. The van der Waals surface area contributed by atoms with Crippen LogP contribution in [-0.2, 0) is 16.0 Å². The van der Waals surface area contributed by atoms with Crippen LogP contribution in [0.3, 0.4) is 0 Å². The predicted molar refractivity (Wildman–Crippen MR) is 78.5 cm³/mol. The molecule has 0 saturated carbocycles. The van der Waals surface area contributed by atoms with Gasteiger partial charge in [0.25, 0.3) is 0 Å². The molecule has 0 saturated heterocycles. The van der Waals surface area contributed by atoms with Gasteiger partial charge in [0.05, 0.1) is 31.1 Å². The number of hydrogen-bond donors (Lipinski definition) is 1. The molecule has 0 aliphatic heterocycles. The summed E-state index contributed by atoms with van der Waals surface area (Å²) in [5.74, 6) is 0. The second-order valence-electron chi connectivity index (χ2n) is 4.90. The van der Waals surface area contributed by atoms with Gasteiger partial charge in [-0.3, -0.25) is 9.88 Å². The molecule has 2 unspecified atom stereocenters. The van der Waals surface area contributed by atoms with E-state index in [0.29, 0.717) is 19.8 Å². The Morgan fingerprint density at radius 3 is 2.75 bits per heavy atom. The molecule has 5 nitrogen and oxygen atoms in total. The lowest BCUT2D eigenvalue weighted by atomic mass is 10.3. The summed E-state index contributed by atoms with van der Waals surface area (Å²) in [7, 11) is 1.64. The Morgan fingerprint density at radius 2 is 2.15 bits per heavy atom. The van der Waals surface area contributed by atoms with E-state index in [1.807, 2.05) is 25.1 Å². The molecular formula is C15H26N2O3. The Hall–Kier alpha value is -1.01. The molecule has 1 heterocycles. The summed E-state index contributed by atoms with van der Waals surface area (Å²) in [6.45, 7) is 7.04. The van der Waals surface area contributed by atoms with Crippen molar-refractivity contribution in [2.75, 3.05) is 33.4 Å². The van der Waals surface area contributed by atoms with Crippen LogP contribution in [0.1, 0.15) is 19.5 Å². The Morgan fingerprint density at radius 1 is 1.35 bits per heavy atom. The van der Waals surface area contributed by atoms with E-state index in [9.17, 15) is 5.11 Å². The van der Waals surface area contributed by atoms with E-state index < -0.39 is 6.10 Å². The summed E-state index contributed by atoms with van der Waals surface area (Å²) in [5.41, 5.74) is 1.01. The Balaban J connectivity index is 2.32. The third-order valence-electron chi connectivity index (χ3n) is 3.00. The quantitative estimate of drug-likeness (QED) is 0.701. The lowest BCUT2D eigenvalue weighted by Gasteiger charge is -2.24. The second kappa shape index (κ2) is 9.83. The molecule has 0 aliphatic rings. The van der Waals surface area contributed by atoms with E-state index in [2.05, 4.69) is 16.8 Å². The SMILES string of the molecule is CCN(Cc1ccccn1)CC(O)COC(C)COC. The first-order valence-corrected chi connectivity index (χ1v) is 7.06. The normalized spacial score (nSPS) is 14.4. The maximum Gasteiger partial charge on any atom is 0.0900 e. The summed E-state index contributed by atoms with van der Waals surface area (Å²) in [6.07, 6.45) is 1.29. The minimum atomic E-state index is -0.502. The van der Waals surface area contributed by atoms with Crippen LogP contribution >= 0.6 is 0 Å². The fourth-order valence-electron chi connectivity index (χ4n) is 1.94. The third-order valence-corrected chi connectivity index (χ3v) is 3.00. The van der Waals surface area contributed by atoms with Crippen LogP contribution in [0.5, 0.6) is 0 Å². The molecule has 114 valence electrons. The molecule has 0 aliphatic carbocycles. The molecule has 0 radical (unpaired) electrons. The molecule has 1 rings (SSSR count). The average Bonchev–Trinajstić information content (AvgIpc) is 2.46. The topological polar surface area (TPSA) is 54.8 Å². The minimum Gasteiger partial charge on any atom is -0.389 e. The number of likely N-dealkylation sites (N-methyl/N-ethyl adjacent to an activating group) is 1. The Kier molecular flexibility index (Phi) is 8.37. The molecule has 0 bridgehead atoms. The molecular weight excluding hydrogens is 256 g/mol. The van der Waals surface area contributed by atoms with E-state index in [1.54, 1.807) is 13.3 Å². The van der Waals surface area contributed by atoms with Crippen molar-refractivity contribution < 1.29 is 14.6 Å². The number of aliphatic hydroxyl groups excluding tert-OH is 1. The number of ether oxygens (including phenoxy) is 2. The van der Waals surface area contributed by atoms with Gasteiger partial charge >= 0.3 is 0 Å². The molecule has 2 atom stereocenters. The van der Waals surface area contributed by atoms with Crippen molar-refractivity contribution in [3.63, 3.8) is 0 Å². The predicted octanol–water partition coefficient (Wildman–Crippen LogP) is 1.32. The van der Waals surface area contributed by atoms with Gasteiger partial charge in [0.1, 0.15) is 0 Å². The third kappa shape index (κ3) is 6.96. The summed E-state index contributed by atoms with van der Waals surface area (Å²) in [4.78, 5) is 6.45. The zero-order valence-corrected chi connectivity index (χ0v) is 12.7. The highest BCUT2D eigenvalue weighted by Crippen LogP contribution is 2.03. The van der Waals surface area contributed by atoms with Gasteiger partial charge in [-0.25, -0.2) is 0 Å². The van der Waals surface area contributed by atoms with Gasteiger partial charge in [-0.05, 0) is 25.6 Å². The summed E-state index contributed by atoms with van der Waals surface area (Å²) in [5, 5.41) is 10.0. The zero-order valence-electron chi connectivity index (χ0n) is 12.7. The summed E-state index contributed by atoms with van der Waals surface area (Å²) >= 11 is 0. The smallest absolute Gasteiger partial charge is 0.0900 e. The standard InChI is InChI=1S/C15H26N2O3/c1-4-17(9-14-7-5-6-8-16-14)10-15(18)12-20-13(2)11-19-3/h5-8,13,15,18H,4,9-12H2,1-3H3. The van der Waals surface area contributed by atoms with Gasteiger partial charge in [0.2, 0.25) is 0 Å². The largest absolute Gasteiger partial charge is 0.389 e. The van der Waals surface area contributed by atoms with E-state index in [4.69, 9.17) is 9.47 Å². The number of hydrogen-bond acceptors (Lipinski definition) is 5. The van der Waals surface area contributed by atoms with Crippen LogP contribution in [0.25, 0.3) is 0 Å². The number of methoxy groups -OCH3 is 1. The van der Waals surface area contributed by atoms with Crippen molar-refractivity contribution in [1.29, 1.82) is 0 Å². The first-order chi connectivity index (χ1) is 9.65. The maximum atomic E-state index is 10.0. The van der Waals surface area contributed by atoms with Crippen LogP contribution in [0.15, 0.2) is 24.4 Å². The van der Waals surface area contributed by atoms with Crippen molar-refractivity contribution in [2.24, 2.45) is 0 Å². The minimum absolute atomic E-state index is 0.000478. The molecule has 0 fully saturated rings. The van der Waals surface area contributed by atoms with E-state index >= 15 is 0 Å². The molecule has 0 aromatic carbocycles. The Bertz CT molecular complexity index is 348. The molecule has 1 aromatic heterocycles. The highest BCUT2D eigenvalue weighted by atomic mass is 16.5. The molecule has 1 aromatic rings. The average molecular weight is 282 g/mol. The molecule has 5 heteroatoms. The molecule has 0 spiro atoms. The number of aromatic nitrogens is 1. The molecule has 20 heavy (non-hydrogen) atoms. The van der Waals surface area contributed by atoms with Gasteiger partial charge in [0.15, 0.2) is 0 Å². The van der Waals surface area contributed by atoms with Crippen molar-refractivity contribution in [3.05, 3.63) is 30.1 Å². The fourth-order valence-corrected chi connectivity index (χ4v) is 1.94. The van der Waals surface area contributed by atoms with Crippen molar-refractivity contribution in [3.8, 4) is 0 Å². The van der Waals surface area contributed by atoms with Gasteiger partial charge in [0, 0.05) is 26.4 Å². The van der Waals surface area contributed by atoms with Crippen LogP contribution < -0.4 is 0 Å². The first kappa shape index (κ1) is 17.0. The summed E-state index contributed by atoms with van der Waals surface area (Å²) in [6, 6.07) is 5.87. The van der Waals surface area contributed by atoms with E-state index in [-0.39, 0.29) is 6.10 Å². The van der Waals surface area contributed by atoms with Gasteiger partial charge in [-0.2, -0.15) is 0 Å². The van der Waals surface area contributed by atoms with E-state index in [0.717, 1.165) is 18.8 Å². The van der Waals surface area contributed by atoms with Crippen LogP contribution in [0, 0.1) is 0 Å². The fraction of sp³-hybridized carbons (Fsp3) is 0.667. The number of pyridine rings is 1. The molecule has 1 N–H and O–H groups in total. The number of nitrogens with zero attached hydrogens (tertiary/aromatic N) is 2. The zero-order chi connectivity index (χ0) is 14.8. The van der Waals surface area contributed by atoms with Gasteiger partial charge in [-0.15, -0.1) is 0 Å². The van der Waals surface area contributed by atoms with Crippen molar-refractivity contribution in [2.45, 2.75) is 32.6 Å². The lowest BCUT2D eigenvalue weighted by molar-refractivity contribution is -0.0400. The summed E-state index contributed by atoms with van der Waals surface area (Å²) < 4.78 is 10.5. The van der Waals surface area contributed by atoms with Crippen LogP contribution in [-0.4, -0.2) is 60.6 Å². The van der Waals surface area contributed by atoms with Crippen molar-refractivity contribution in [1.82, 2.24) is 9.88 Å². The first-order valence-electron chi connectivity index (χ1n) is 7.06.